The molecular weight excluding hydrogens is 332 g/mol. The Bertz CT molecular complexity index is 929. The number of nitrogens with zero attached hydrogens (tertiary/aromatic N) is 5. The number of aryl methyl sites for hydroxylation is 1. The molecule has 8 heteroatoms. The van der Waals surface area contributed by atoms with Gasteiger partial charge in [0.25, 0.3) is 11.9 Å². The first-order valence-corrected chi connectivity index (χ1v) is 8.73. The first kappa shape index (κ1) is 16.6. The maximum Gasteiger partial charge on any atom is 0.254 e. The number of rotatable bonds is 3. The van der Waals surface area contributed by atoms with Crippen molar-refractivity contribution in [1.82, 2.24) is 30.0 Å². The van der Waals surface area contributed by atoms with Crippen LogP contribution in [0.5, 0.6) is 0 Å². The Morgan fingerprint density at radius 1 is 1.19 bits per heavy atom. The van der Waals surface area contributed by atoms with Crippen LogP contribution in [-0.2, 0) is 0 Å². The SMILES string of the molecule is Cc1nn(-c2ncc(C(=O)NC3CCC(O)CC3)cn2)c2cccnc12. The molecule has 0 saturated heterocycles. The lowest BCUT2D eigenvalue weighted by atomic mass is 9.93. The van der Waals surface area contributed by atoms with Gasteiger partial charge < -0.3 is 10.4 Å². The Morgan fingerprint density at radius 2 is 1.92 bits per heavy atom. The van der Waals surface area contributed by atoms with Gasteiger partial charge in [-0.25, -0.2) is 9.97 Å². The van der Waals surface area contributed by atoms with Gasteiger partial charge >= 0.3 is 0 Å². The lowest BCUT2D eigenvalue weighted by Crippen LogP contribution is -2.38. The zero-order valence-corrected chi connectivity index (χ0v) is 14.5. The van der Waals surface area contributed by atoms with Crippen LogP contribution < -0.4 is 5.32 Å². The molecule has 3 aromatic heterocycles. The van der Waals surface area contributed by atoms with Gasteiger partial charge in [0.05, 0.1) is 22.9 Å². The summed E-state index contributed by atoms with van der Waals surface area (Å²) in [7, 11) is 0. The van der Waals surface area contributed by atoms with Crippen molar-refractivity contribution in [1.29, 1.82) is 0 Å². The summed E-state index contributed by atoms with van der Waals surface area (Å²) in [5, 5.41) is 17.0. The van der Waals surface area contributed by atoms with Crippen molar-refractivity contribution in [2.24, 2.45) is 0 Å². The van der Waals surface area contributed by atoms with Crippen LogP contribution in [0.2, 0.25) is 0 Å². The second-order valence-electron chi connectivity index (χ2n) is 6.62. The summed E-state index contributed by atoms with van der Waals surface area (Å²) >= 11 is 0. The summed E-state index contributed by atoms with van der Waals surface area (Å²) < 4.78 is 1.63. The average Bonchev–Trinajstić information content (AvgIpc) is 3.01. The van der Waals surface area contributed by atoms with Gasteiger partial charge in [-0.3, -0.25) is 9.78 Å². The fourth-order valence-corrected chi connectivity index (χ4v) is 3.29. The van der Waals surface area contributed by atoms with Gasteiger partial charge in [0, 0.05) is 24.6 Å². The number of pyridine rings is 1. The fourth-order valence-electron chi connectivity index (χ4n) is 3.29. The molecule has 0 radical (unpaired) electrons. The zero-order valence-electron chi connectivity index (χ0n) is 14.5. The van der Waals surface area contributed by atoms with E-state index in [0.29, 0.717) is 11.5 Å². The van der Waals surface area contributed by atoms with E-state index in [-0.39, 0.29) is 18.1 Å². The number of amides is 1. The molecule has 0 aliphatic heterocycles. The van der Waals surface area contributed by atoms with Crippen molar-refractivity contribution in [3.8, 4) is 5.95 Å². The van der Waals surface area contributed by atoms with Crippen molar-refractivity contribution < 1.29 is 9.90 Å². The number of aliphatic hydroxyl groups excluding tert-OH is 1. The highest BCUT2D eigenvalue weighted by Crippen LogP contribution is 2.19. The minimum absolute atomic E-state index is 0.0920. The van der Waals surface area contributed by atoms with Crippen molar-refractivity contribution in [2.75, 3.05) is 0 Å². The van der Waals surface area contributed by atoms with Crippen LogP contribution in [0, 0.1) is 6.92 Å². The molecule has 0 bridgehead atoms. The van der Waals surface area contributed by atoms with E-state index in [4.69, 9.17) is 0 Å². The third-order valence-corrected chi connectivity index (χ3v) is 4.73. The molecule has 3 heterocycles. The van der Waals surface area contributed by atoms with Gasteiger partial charge in [-0.15, -0.1) is 0 Å². The van der Waals surface area contributed by atoms with E-state index in [0.717, 1.165) is 42.4 Å². The number of carbonyl (C=O) groups is 1. The Balaban J connectivity index is 1.52. The van der Waals surface area contributed by atoms with E-state index < -0.39 is 0 Å². The number of hydrogen-bond donors (Lipinski definition) is 2. The average molecular weight is 352 g/mol. The number of nitrogens with one attached hydrogen (secondary N) is 1. The largest absolute Gasteiger partial charge is 0.393 e. The summed E-state index contributed by atoms with van der Waals surface area (Å²) in [5.41, 5.74) is 2.83. The highest BCUT2D eigenvalue weighted by Gasteiger charge is 2.21. The van der Waals surface area contributed by atoms with Crippen molar-refractivity contribution >= 4 is 16.9 Å². The fraction of sp³-hybridized carbons (Fsp3) is 0.389. The summed E-state index contributed by atoms with van der Waals surface area (Å²) in [4.78, 5) is 25.3. The number of aliphatic hydroxyl groups is 1. The molecule has 2 N–H and O–H groups in total. The van der Waals surface area contributed by atoms with Crippen molar-refractivity contribution in [3.63, 3.8) is 0 Å². The highest BCUT2D eigenvalue weighted by molar-refractivity contribution is 5.93. The number of carbonyl (C=O) groups excluding carboxylic acids is 1. The van der Waals surface area contributed by atoms with Crippen LogP contribution >= 0.6 is 0 Å². The first-order chi connectivity index (χ1) is 12.6. The van der Waals surface area contributed by atoms with Crippen LogP contribution in [0.15, 0.2) is 30.7 Å². The first-order valence-electron chi connectivity index (χ1n) is 8.73. The summed E-state index contributed by atoms with van der Waals surface area (Å²) in [5.74, 6) is 0.203. The molecule has 0 atom stereocenters. The standard InChI is InChI=1S/C18H20N6O2/c1-11-16-15(3-2-8-19-16)24(23-11)18-20-9-12(10-21-18)17(26)22-13-4-6-14(25)7-5-13/h2-3,8-10,13-14,25H,4-7H2,1H3,(H,22,26). The number of hydrogen-bond acceptors (Lipinski definition) is 6. The van der Waals surface area contributed by atoms with Crippen molar-refractivity contribution in [3.05, 3.63) is 42.0 Å². The van der Waals surface area contributed by atoms with Gasteiger partial charge in [0.1, 0.15) is 5.52 Å². The van der Waals surface area contributed by atoms with Crippen LogP contribution in [0.4, 0.5) is 0 Å². The lowest BCUT2D eigenvalue weighted by molar-refractivity contribution is 0.0867. The van der Waals surface area contributed by atoms with E-state index in [1.54, 1.807) is 10.9 Å². The smallest absolute Gasteiger partial charge is 0.254 e. The minimum atomic E-state index is -0.243. The number of fused-ring (bicyclic) bond motifs is 1. The molecule has 1 amide bonds. The van der Waals surface area contributed by atoms with E-state index in [2.05, 4.69) is 25.4 Å². The highest BCUT2D eigenvalue weighted by atomic mass is 16.3. The molecule has 1 saturated carbocycles. The molecule has 8 nitrogen and oxygen atoms in total. The van der Waals surface area contributed by atoms with Gasteiger partial charge in [0.15, 0.2) is 0 Å². The van der Waals surface area contributed by atoms with Gasteiger partial charge in [-0.1, -0.05) is 0 Å². The molecule has 1 aliphatic rings. The molecule has 4 rings (SSSR count). The predicted molar refractivity (Wildman–Crippen MR) is 94.9 cm³/mol. The molecular formula is C18H20N6O2. The Kier molecular flexibility index (Phi) is 4.34. The molecule has 0 spiro atoms. The van der Waals surface area contributed by atoms with Crippen LogP contribution in [0.1, 0.15) is 41.7 Å². The Labute approximate surface area is 150 Å². The monoisotopic (exact) mass is 352 g/mol. The second kappa shape index (κ2) is 6.80. The van der Waals surface area contributed by atoms with Crippen molar-refractivity contribution in [2.45, 2.75) is 44.8 Å². The summed E-state index contributed by atoms with van der Waals surface area (Å²) in [6, 6.07) is 3.83. The van der Waals surface area contributed by atoms with E-state index in [1.807, 2.05) is 19.1 Å². The van der Waals surface area contributed by atoms with Crippen LogP contribution in [0.3, 0.4) is 0 Å². The lowest BCUT2D eigenvalue weighted by Gasteiger charge is -2.26. The Hall–Kier alpha value is -2.87. The van der Waals surface area contributed by atoms with Crippen LogP contribution in [-0.4, -0.2) is 47.9 Å². The topological polar surface area (TPSA) is 106 Å². The minimum Gasteiger partial charge on any atom is -0.393 e. The van der Waals surface area contributed by atoms with E-state index >= 15 is 0 Å². The molecule has 1 aliphatic carbocycles. The quantitative estimate of drug-likeness (QED) is 0.741. The second-order valence-corrected chi connectivity index (χ2v) is 6.62. The predicted octanol–water partition coefficient (Wildman–Crippen LogP) is 1.55. The zero-order chi connectivity index (χ0) is 18.1. The Morgan fingerprint density at radius 3 is 2.65 bits per heavy atom. The molecule has 134 valence electrons. The third kappa shape index (κ3) is 3.15. The van der Waals surface area contributed by atoms with Gasteiger partial charge in [-0.05, 0) is 44.7 Å². The molecule has 3 aromatic rings. The van der Waals surface area contributed by atoms with E-state index in [1.165, 1.54) is 12.4 Å². The van der Waals surface area contributed by atoms with Gasteiger partial charge in [-0.2, -0.15) is 9.78 Å². The summed E-state index contributed by atoms with van der Waals surface area (Å²) in [6.07, 6.45) is 7.52. The molecule has 0 aromatic carbocycles. The molecule has 26 heavy (non-hydrogen) atoms. The maximum atomic E-state index is 12.4. The molecule has 1 fully saturated rings. The molecule has 0 unspecified atom stereocenters. The maximum absolute atomic E-state index is 12.4. The number of aromatic nitrogens is 5. The van der Waals surface area contributed by atoms with E-state index in [9.17, 15) is 9.90 Å². The summed E-state index contributed by atoms with van der Waals surface area (Å²) in [6.45, 7) is 1.88. The third-order valence-electron chi connectivity index (χ3n) is 4.73. The van der Waals surface area contributed by atoms with Crippen LogP contribution in [0.25, 0.3) is 17.0 Å². The van der Waals surface area contributed by atoms with Gasteiger partial charge in [0.2, 0.25) is 0 Å². The normalized spacial score (nSPS) is 20.2.